The van der Waals surface area contributed by atoms with Crippen molar-refractivity contribution in [1.82, 2.24) is 24.6 Å². The summed E-state index contributed by atoms with van der Waals surface area (Å²) in [5.74, 6) is 2.67. The number of rotatable bonds is 7. The molecule has 1 amide bonds. The lowest BCUT2D eigenvalue weighted by molar-refractivity contribution is -0.129. The molecule has 0 unspecified atom stereocenters. The summed E-state index contributed by atoms with van der Waals surface area (Å²) in [7, 11) is 3.27. The minimum Gasteiger partial charge on any atom is -0.493 e. The molecule has 0 N–H and O–H groups in total. The molecular weight excluding hydrogens is 426 g/mol. The zero-order valence-electron chi connectivity index (χ0n) is 18.2. The van der Waals surface area contributed by atoms with Crippen molar-refractivity contribution in [3.63, 3.8) is 0 Å². The molecular formula is C23H25N5O3S. The Balaban J connectivity index is 1.29. The standard InChI is InChI=1S/C23H25N5O3S/c1-30-19-10-15-7-9-27(13-17(15)11-20(19)31-2)21(29)14-32-23-26-25-22(28(23)18-5-6-18)16-4-3-8-24-12-16/h3-4,8,10-12,18H,5-7,9,13-14H2,1-2H3. The Labute approximate surface area is 191 Å². The first-order valence-electron chi connectivity index (χ1n) is 10.7. The van der Waals surface area contributed by atoms with Gasteiger partial charge in [-0.15, -0.1) is 10.2 Å². The van der Waals surface area contributed by atoms with Crippen LogP contribution in [0.3, 0.4) is 0 Å². The fraction of sp³-hybridized carbons (Fsp3) is 0.391. The van der Waals surface area contributed by atoms with Crippen LogP contribution in [0.25, 0.3) is 11.4 Å². The summed E-state index contributed by atoms with van der Waals surface area (Å²) in [6, 6.07) is 8.29. The highest BCUT2D eigenvalue weighted by Crippen LogP contribution is 2.41. The van der Waals surface area contributed by atoms with E-state index in [1.54, 1.807) is 26.6 Å². The van der Waals surface area contributed by atoms with Crippen molar-refractivity contribution in [2.75, 3.05) is 26.5 Å². The number of pyridine rings is 1. The first kappa shape index (κ1) is 20.8. The van der Waals surface area contributed by atoms with Crippen molar-refractivity contribution in [3.05, 3.63) is 47.8 Å². The van der Waals surface area contributed by atoms with Crippen LogP contribution >= 0.6 is 11.8 Å². The second kappa shape index (κ2) is 8.82. The fourth-order valence-electron chi connectivity index (χ4n) is 4.04. The van der Waals surface area contributed by atoms with Gasteiger partial charge in [-0.05, 0) is 54.7 Å². The third kappa shape index (κ3) is 4.04. The van der Waals surface area contributed by atoms with Gasteiger partial charge < -0.3 is 14.4 Å². The summed E-state index contributed by atoms with van der Waals surface area (Å²) in [5, 5.41) is 9.60. The Hall–Kier alpha value is -3.07. The van der Waals surface area contributed by atoms with Gasteiger partial charge in [-0.3, -0.25) is 14.3 Å². The molecule has 9 heteroatoms. The lowest BCUT2D eigenvalue weighted by Gasteiger charge is -2.29. The Bertz CT molecular complexity index is 1130. The second-order valence-electron chi connectivity index (χ2n) is 7.98. The maximum atomic E-state index is 13.0. The molecule has 2 aromatic heterocycles. The molecule has 2 aliphatic rings. The quantitative estimate of drug-likeness (QED) is 0.509. The number of thioether (sulfide) groups is 1. The number of nitrogens with zero attached hydrogens (tertiary/aromatic N) is 5. The van der Waals surface area contributed by atoms with E-state index < -0.39 is 0 Å². The van der Waals surface area contributed by atoms with E-state index in [9.17, 15) is 4.79 Å². The van der Waals surface area contributed by atoms with Gasteiger partial charge in [0.2, 0.25) is 5.91 Å². The fourth-order valence-corrected chi connectivity index (χ4v) is 4.95. The van der Waals surface area contributed by atoms with E-state index in [4.69, 9.17) is 9.47 Å². The van der Waals surface area contributed by atoms with E-state index in [1.165, 1.54) is 17.3 Å². The smallest absolute Gasteiger partial charge is 0.233 e. The van der Waals surface area contributed by atoms with Crippen molar-refractivity contribution >= 4 is 17.7 Å². The molecule has 0 spiro atoms. The lowest BCUT2D eigenvalue weighted by atomic mass is 9.99. The SMILES string of the molecule is COc1cc2c(cc1OC)CN(C(=O)CSc1nnc(-c3cccnc3)n1C1CC1)CC2. The van der Waals surface area contributed by atoms with E-state index in [0.717, 1.165) is 47.1 Å². The summed E-state index contributed by atoms with van der Waals surface area (Å²) in [4.78, 5) is 19.1. The first-order valence-corrected chi connectivity index (χ1v) is 11.7. The van der Waals surface area contributed by atoms with Gasteiger partial charge in [-0.2, -0.15) is 0 Å². The zero-order valence-corrected chi connectivity index (χ0v) is 19.0. The van der Waals surface area contributed by atoms with Gasteiger partial charge in [0.05, 0.1) is 20.0 Å². The number of hydrogen-bond acceptors (Lipinski definition) is 7. The number of methoxy groups -OCH3 is 2. The number of benzene rings is 1. The summed E-state index contributed by atoms with van der Waals surface area (Å²) in [6.45, 7) is 1.27. The molecule has 1 fully saturated rings. The molecule has 0 radical (unpaired) electrons. The van der Waals surface area contributed by atoms with Crippen molar-refractivity contribution in [1.29, 1.82) is 0 Å². The Kier molecular flexibility index (Phi) is 5.73. The number of ether oxygens (including phenoxy) is 2. The van der Waals surface area contributed by atoms with E-state index in [2.05, 4.69) is 19.7 Å². The molecule has 32 heavy (non-hydrogen) atoms. The van der Waals surface area contributed by atoms with Gasteiger partial charge in [0, 0.05) is 37.1 Å². The average Bonchev–Trinajstić information content (AvgIpc) is 3.60. The zero-order chi connectivity index (χ0) is 22.1. The molecule has 0 bridgehead atoms. The molecule has 1 aliphatic heterocycles. The van der Waals surface area contributed by atoms with Gasteiger partial charge >= 0.3 is 0 Å². The van der Waals surface area contributed by atoms with E-state index in [0.29, 0.717) is 30.6 Å². The molecule has 1 saturated carbocycles. The lowest BCUT2D eigenvalue weighted by Crippen LogP contribution is -2.37. The highest BCUT2D eigenvalue weighted by molar-refractivity contribution is 7.99. The van der Waals surface area contributed by atoms with Crippen molar-refractivity contribution < 1.29 is 14.3 Å². The predicted octanol–water partition coefficient (Wildman–Crippen LogP) is 3.37. The molecule has 0 saturated heterocycles. The molecule has 1 aliphatic carbocycles. The Morgan fingerprint density at radius 3 is 2.62 bits per heavy atom. The molecule has 8 nitrogen and oxygen atoms in total. The van der Waals surface area contributed by atoms with Crippen LogP contribution in [0.15, 0.2) is 41.8 Å². The predicted molar refractivity (Wildman–Crippen MR) is 121 cm³/mol. The summed E-state index contributed by atoms with van der Waals surface area (Å²) >= 11 is 1.46. The minimum absolute atomic E-state index is 0.101. The number of aromatic nitrogens is 4. The monoisotopic (exact) mass is 451 g/mol. The maximum Gasteiger partial charge on any atom is 0.233 e. The summed E-state index contributed by atoms with van der Waals surface area (Å²) in [6.07, 6.45) is 6.58. The summed E-state index contributed by atoms with van der Waals surface area (Å²) < 4.78 is 13.0. The Morgan fingerprint density at radius 1 is 1.16 bits per heavy atom. The second-order valence-corrected chi connectivity index (χ2v) is 8.92. The van der Waals surface area contributed by atoms with Crippen LogP contribution in [0.2, 0.25) is 0 Å². The molecule has 3 heterocycles. The third-order valence-corrected chi connectivity index (χ3v) is 6.82. The van der Waals surface area contributed by atoms with Crippen LogP contribution in [0.5, 0.6) is 11.5 Å². The van der Waals surface area contributed by atoms with Gasteiger partial charge in [0.25, 0.3) is 0 Å². The number of fused-ring (bicyclic) bond motifs is 1. The molecule has 0 atom stereocenters. The van der Waals surface area contributed by atoms with Crippen molar-refractivity contribution in [2.45, 2.75) is 37.0 Å². The van der Waals surface area contributed by atoms with Gasteiger partial charge in [0.15, 0.2) is 22.5 Å². The maximum absolute atomic E-state index is 13.0. The van der Waals surface area contributed by atoms with Gasteiger partial charge in [-0.25, -0.2) is 0 Å². The van der Waals surface area contributed by atoms with Crippen molar-refractivity contribution in [2.24, 2.45) is 0 Å². The van der Waals surface area contributed by atoms with Crippen LogP contribution < -0.4 is 9.47 Å². The number of carbonyl (C=O) groups excluding carboxylic acids is 1. The highest BCUT2D eigenvalue weighted by atomic mass is 32.2. The van der Waals surface area contributed by atoms with Gasteiger partial charge in [0.1, 0.15) is 0 Å². The molecule has 1 aromatic carbocycles. The van der Waals surface area contributed by atoms with Crippen LogP contribution in [0.4, 0.5) is 0 Å². The third-order valence-electron chi connectivity index (χ3n) is 5.89. The topological polar surface area (TPSA) is 82.4 Å². The molecule has 5 rings (SSSR count). The summed E-state index contributed by atoms with van der Waals surface area (Å²) in [5.41, 5.74) is 3.25. The van der Waals surface area contributed by atoms with E-state index in [1.807, 2.05) is 29.2 Å². The van der Waals surface area contributed by atoms with Crippen LogP contribution in [0.1, 0.15) is 30.0 Å². The average molecular weight is 452 g/mol. The van der Waals surface area contributed by atoms with Crippen LogP contribution in [0, 0.1) is 0 Å². The molecule has 3 aromatic rings. The number of amides is 1. The number of hydrogen-bond donors (Lipinski definition) is 0. The normalized spacial score (nSPS) is 15.4. The van der Waals surface area contributed by atoms with Crippen LogP contribution in [-0.4, -0.2) is 57.1 Å². The van der Waals surface area contributed by atoms with E-state index >= 15 is 0 Å². The van der Waals surface area contributed by atoms with Crippen molar-refractivity contribution in [3.8, 4) is 22.9 Å². The van der Waals surface area contributed by atoms with Crippen LogP contribution in [-0.2, 0) is 17.8 Å². The largest absolute Gasteiger partial charge is 0.493 e. The minimum atomic E-state index is 0.101. The Morgan fingerprint density at radius 2 is 1.94 bits per heavy atom. The highest BCUT2D eigenvalue weighted by Gasteiger charge is 2.31. The van der Waals surface area contributed by atoms with Gasteiger partial charge in [-0.1, -0.05) is 11.8 Å². The number of carbonyl (C=O) groups is 1. The first-order chi connectivity index (χ1) is 15.7. The van der Waals surface area contributed by atoms with E-state index in [-0.39, 0.29) is 5.91 Å². The molecule has 166 valence electrons.